The highest BCUT2D eigenvalue weighted by molar-refractivity contribution is 5.94. The lowest BCUT2D eigenvalue weighted by Crippen LogP contribution is -2.52. The summed E-state index contributed by atoms with van der Waals surface area (Å²) in [6.45, 7) is 5.20. The molecular weight excluding hydrogens is 314 g/mol. The van der Waals surface area contributed by atoms with Crippen molar-refractivity contribution in [1.29, 1.82) is 0 Å². The Morgan fingerprint density at radius 3 is 2.76 bits per heavy atom. The second kappa shape index (κ2) is 6.50. The molecule has 2 saturated heterocycles. The molecule has 1 aliphatic carbocycles. The molecule has 0 aromatic carbocycles. The molecule has 1 atom stereocenters. The highest BCUT2D eigenvalue weighted by Crippen LogP contribution is 2.41. The molecule has 2 aliphatic heterocycles. The molecule has 2 amide bonds. The average Bonchev–Trinajstić information content (AvgIpc) is 3.22. The quantitative estimate of drug-likeness (QED) is 0.914. The Bertz CT molecular complexity index is 664. The molecule has 1 spiro atoms. The molecule has 3 fully saturated rings. The Morgan fingerprint density at radius 1 is 1.24 bits per heavy atom. The number of piperidine rings is 1. The smallest absolute Gasteiger partial charge is 0.270 e. The zero-order valence-corrected chi connectivity index (χ0v) is 15.2. The molecule has 0 unspecified atom stereocenters. The number of nitrogens with zero attached hydrogens (tertiary/aromatic N) is 2. The van der Waals surface area contributed by atoms with E-state index in [1.54, 1.807) is 0 Å². The van der Waals surface area contributed by atoms with Crippen molar-refractivity contribution < 1.29 is 9.59 Å². The van der Waals surface area contributed by atoms with Crippen molar-refractivity contribution in [3.63, 3.8) is 0 Å². The minimum Gasteiger partial charge on any atom is -0.354 e. The Morgan fingerprint density at radius 2 is 2.08 bits per heavy atom. The average molecular weight is 343 g/mol. The summed E-state index contributed by atoms with van der Waals surface area (Å²) >= 11 is 0. The second-order valence-electron chi connectivity index (χ2n) is 8.16. The zero-order valence-electron chi connectivity index (χ0n) is 15.2. The molecule has 3 aliphatic rings. The maximum absolute atomic E-state index is 13.2. The van der Waals surface area contributed by atoms with Gasteiger partial charge in [-0.1, -0.05) is 13.3 Å². The second-order valence-corrected chi connectivity index (χ2v) is 8.16. The minimum absolute atomic E-state index is 0.0421. The Kier molecular flexibility index (Phi) is 4.34. The van der Waals surface area contributed by atoms with E-state index in [-0.39, 0.29) is 11.3 Å². The fourth-order valence-electron chi connectivity index (χ4n) is 4.68. The molecule has 1 saturated carbocycles. The van der Waals surface area contributed by atoms with Crippen LogP contribution in [0.2, 0.25) is 0 Å². The van der Waals surface area contributed by atoms with E-state index in [0.29, 0.717) is 30.6 Å². The number of carbonyl (C=O) groups is 2. The zero-order chi connectivity index (χ0) is 17.4. The van der Waals surface area contributed by atoms with E-state index in [4.69, 9.17) is 0 Å². The fourth-order valence-corrected chi connectivity index (χ4v) is 4.68. The molecule has 0 radical (unpaired) electrons. The van der Waals surface area contributed by atoms with Gasteiger partial charge in [-0.3, -0.25) is 9.59 Å². The van der Waals surface area contributed by atoms with Crippen molar-refractivity contribution in [2.45, 2.75) is 51.9 Å². The molecule has 136 valence electrons. The summed E-state index contributed by atoms with van der Waals surface area (Å²) in [4.78, 5) is 33.1. The molecule has 4 rings (SSSR count). The lowest BCUT2D eigenvalue weighted by molar-refractivity contribution is -0.146. The maximum Gasteiger partial charge on any atom is 0.270 e. The third-order valence-corrected chi connectivity index (χ3v) is 6.53. The first-order valence-corrected chi connectivity index (χ1v) is 9.88. The van der Waals surface area contributed by atoms with Crippen molar-refractivity contribution in [1.82, 2.24) is 14.8 Å². The van der Waals surface area contributed by atoms with Crippen molar-refractivity contribution in [3.8, 4) is 0 Å². The van der Waals surface area contributed by atoms with E-state index in [1.165, 1.54) is 19.3 Å². The van der Waals surface area contributed by atoms with Crippen LogP contribution in [0.4, 0.5) is 0 Å². The lowest BCUT2D eigenvalue weighted by Gasteiger charge is -2.42. The van der Waals surface area contributed by atoms with Crippen LogP contribution in [0.15, 0.2) is 12.1 Å². The predicted molar refractivity (Wildman–Crippen MR) is 96.3 cm³/mol. The summed E-state index contributed by atoms with van der Waals surface area (Å²) in [5.41, 5.74) is 1.42. The minimum atomic E-state index is -0.322. The van der Waals surface area contributed by atoms with Gasteiger partial charge in [-0.05, 0) is 56.6 Å². The van der Waals surface area contributed by atoms with Gasteiger partial charge in [0.05, 0.1) is 5.41 Å². The van der Waals surface area contributed by atoms with Crippen LogP contribution in [0, 0.1) is 11.3 Å². The molecule has 25 heavy (non-hydrogen) atoms. The van der Waals surface area contributed by atoms with Gasteiger partial charge in [-0.2, -0.15) is 0 Å². The highest BCUT2D eigenvalue weighted by Gasteiger charge is 2.49. The number of aromatic amines is 1. The van der Waals surface area contributed by atoms with Crippen molar-refractivity contribution >= 4 is 11.8 Å². The summed E-state index contributed by atoms with van der Waals surface area (Å²) in [7, 11) is 0. The largest absolute Gasteiger partial charge is 0.354 e. The first-order chi connectivity index (χ1) is 12.1. The molecule has 5 nitrogen and oxygen atoms in total. The highest BCUT2D eigenvalue weighted by atomic mass is 16.2. The van der Waals surface area contributed by atoms with Gasteiger partial charge in [0, 0.05) is 31.9 Å². The topological polar surface area (TPSA) is 56.4 Å². The van der Waals surface area contributed by atoms with Crippen LogP contribution < -0.4 is 0 Å². The van der Waals surface area contributed by atoms with Crippen molar-refractivity contribution in [2.75, 3.05) is 26.2 Å². The van der Waals surface area contributed by atoms with Crippen molar-refractivity contribution in [2.24, 2.45) is 11.3 Å². The van der Waals surface area contributed by atoms with Crippen molar-refractivity contribution in [3.05, 3.63) is 23.5 Å². The Balaban J connectivity index is 1.44. The summed E-state index contributed by atoms with van der Waals surface area (Å²) in [6, 6.07) is 3.85. The summed E-state index contributed by atoms with van der Waals surface area (Å²) in [5.74, 6) is 1.06. The summed E-state index contributed by atoms with van der Waals surface area (Å²) in [6.07, 6.45) is 7.58. The Labute approximate surface area is 149 Å². The maximum atomic E-state index is 13.2. The van der Waals surface area contributed by atoms with Crippen LogP contribution in [-0.2, 0) is 11.2 Å². The molecule has 5 heteroatoms. The number of amides is 2. The molecular formula is C20H29N3O2. The van der Waals surface area contributed by atoms with Gasteiger partial charge in [-0.25, -0.2) is 0 Å². The van der Waals surface area contributed by atoms with Gasteiger partial charge in [0.15, 0.2) is 0 Å². The van der Waals surface area contributed by atoms with Crippen LogP contribution >= 0.6 is 0 Å². The Hall–Kier alpha value is -1.78. The standard InChI is InChI=1S/C20H29N3O2/c1-2-16-7-8-17(21-16)18(24)23-12-10-20(14-23)9-4-11-22(19(20)25)13-15-5-3-6-15/h7-8,15,21H,2-6,9-14H2,1H3/t20-/m0/s1. The SMILES string of the molecule is CCc1ccc(C(=O)N2CC[C@@]3(CCCN(CC4CCC4)C3=O)C2)[nH]1. The third-order valence-electron chi connectivity index (χ3n) is 6.53. The molecule has 1 N–H and O–H groups in total. The van der Waals surface area contributed by atoms with Gasteiger partial charge in [0.2, 0.25) is 5.91 Å². The van der Waals surface area contributed by atoms with E-state index in [2.05, 4.69) is 16.8 Å². The number of hydrogen-bond donors (Lipinski definition) is 1. The number of carbonyl (C=O) groups excluding carboxylic acids is 2. The normalized spacial score (nSPS) is 27.2. The molecule has 1 aromatic rings. The van der Waals surface area contributed by atoms with Gasteiger partial charge < -0.3 is 14.8 Å². The third kappa shape index (κ3) is 2.98. The molecule has 1 aromatic heterocycles. The predicted octanol–water partition coefficient (Wildman–Crippen LogP) is 2.83. The van der Waals surface area contributed by atoms with Gasteiger partial charge in [0.25, 0.3) is 5.91 Å². The van der Waals surface area contributed by atoms with E-state index >= 15 is 0 Å². The van der Waals surface area contributed by atoms with Crippen LogP contribution in [-0.4, -0.2) is 52.8 Å². The molecule has 3 heterocycles. The van der Waals surface area contributed by atoms with E-state index in [0.717, 1.165) is 44.5 Å². The van der Waals surface area contributed by atoms with E-state index in [9.17, 15) is 9.59 Å². The van der Waals surface area contributed by atoms with E-state index < -0.39 is 0 Å². The number of hydrogen-bond acceptors (Lipinski definition) is 2. The number of aryl methyl sites for hydroxylation is 1. The monoisotopic (exact) mass is 343 g/mol. The van der Waals surface area contributed by atoms with E-state index in [1.807, 2.05) is 17.0 Å². The number of H-pyrrole nitrogens is 1. The van der Waals surface area contributed by atoms with Gasteiger partial charge >= 0.3 is 0 Å². The number of likely N-dealkylation sites (tertiary alicyclic amines) is 2. The lowest BCUT2D eigenvalue weighted by atomic mass is 9.77. The number of rotatable bonds is 4. The number of aromatic nitrogens is 1. The van der Waals surface area contributed by atoms with Gasteiger partial charge in [-0.15, -0.1) is 0 Å². The summed E-state index contributed by atoms with van der Waals surface area (Å²) in [5, 5.41) is 0. The summed E-state index contributed by atoms with van der Waals surface area (Å²) < 4.78 is 0. The van der Waals surface area contributed by atoms with Crippen LogP contribution in [0.3, 0.4) is 0 Å². The van der Waals surface area contributed by atoms with Crippen LogP contribution in [0.5, 0.6) is 0 Å². The van der Waals surface area contributed by atoms with Gasteiger partial charge in [0.1, 0.15) is 5.69 Å². The van der Waals surface area contributed by atoms with Crippen LogP contribution in [0.25, 0.3) is 0 Å². The first-order valence-electron chi connectivity index (χ1n) is 9.88. The number of nitrogens with one attached hydrogen (secondary N) is 1. The van der Waals surface area contributed by atoms with Crippen LogP contribution in [0.1, 0.15) is 61.6 Å². The first kappa shape index (κ1) is 16.7. The molecule has 0 bridgehead atoms. The fraction of sp³-hybridized carbons (Fsp3) is 0.700.